The Hall–Kier alpha value is -3.91. The predicted octanol–water partition coefficient (Wildman–Crippen LogP) is 4.35. The molecule has 1 aliphatic rings. The van der Waals surface area contributed by atoms with Crippen LogP contribution in [0.3, 0.4) is 0 Å². The summed E-state index contributed by atoms with van der Waals surface area (Å²) in [5, 5.41) is 4.07. The molecule has 4 aromatic rings. The number of aromatic amines is 1. The lowest BCUT2D eigenvalue weighted by Crippen LogP contribution is -2.44. The monoisotopic (exact) mass is 526 g/mol. The molecule has 2 N–H and O–H groups in total. The molecule has 39 heavy (non-hydrogen) atoms. The highest BCUT2D eigenvalue weighted by Crippen LogP contribution is 2.34. The van der Waals surface area contributed by atoms with Gasteiger partial charge in [-0.15, -0.1) is 0 Å². The minimum absolute atomic E-state index is 0.161. The molecule has 204 valence electrons. The summed E-state index contributed by atoms with van der Waals surface area (Å²) in [6.45, 7) is 12.2. The number of carbonyl (C=O) groups excluding carboxylic acids is 1. The number of aromatic nitrogens is 3. The maximum Gasteiger partial charge on any atom is 0.253 e. The van der Waals surface area contributed by atoms with Crippen LogP contribution in [0.15, 0.2) is 47.5 Å². The number of anilines is 1. The molecular formula is C31H38N6O2. The number of aryl methyl sites for hydroxylation is 3. The van der Waals surface area contributed by atoms with Crippen LogP contribution in [0.1, 0.15) is 52.5 Å². The van der Waals surface area contributed by atoms with E-state index in [1.165, 1.54) is 5.56 Å². The Kier molecular flexibility index (Phi) is 7.32. The van der Waals surface area contributed by atoms with Crippen LogP contribution in [0.2, 0.25) is 0 Å². The first-order chi connectivity index (χ1) is 18.6. The normalized spacial score (nSPS) is 14.4. The number of hydrogen-bond acceptors (Lipinski definition) is 5. The molecule has 0 saturated carbocycles. The van der Waals surface area contributed by atoms with Gasteiger partial charge in [0.1, 0.15) is 5.82 Å². The number of pyridine rings is 2. The van der Waals surface area contributed by atoms with Crippen molar-refractivity contribution in [3.05, 3.63) is 81.0 Å². The summed E-state index contributed by atoms with van der Waals surface area (Å²) in [4.78, 5) is 38.5. The first-order valence-corrected chi connectivity index (χ1v) is 13.6. The molecule has 1 saturated heterocycles. The number of nitrogens with zero attached hydrogens (tertiary/aromatic N) is 4. The highest BCUT2D eigenvalue weighted by molar-refractivity contribution is 6.08. The molecule has 0 unspecified atom stereocenters. The molecule has 4 heterocycles. The van der Waals surface area contributed by atoms with E-state index in [1.54, 1.807) is 0 Å². The summed E-state index contributed by atoms with van der Waals surface area (Å²) in [7, 11) is 4.12. The maximum absolute atomic E-state index is 13.7. The second-order valence-electron chi connectivity index (χ2n) is 11.1. The van der Waals surface area contributed by atoms with Crippen molar-refractivity contribution in [2.75, 3.05) is 38.1 Å². The van der Waals surface area contributed by atoms with Gasteiger partial charge in [0.2, 0.25) is 0 Å². The lowest BCUT2D eigenvalue weighted by atomic mass is 9.96. The molecule has 1 aromatic carbocycles. The largest absolute Gasteiger partial charge is 0.354 e. The molecule has 1 fully saturated rings. The first-order valence-electron chi connectivity index (χ1n) is 13.6. The lowest BCUT2D eigenvalue weighted by molar-refractivity contribution is 0.0952. The third kappa shape index (κ3) is 5.34. The molecule has 8 heteroatoms. The third-order valence-corrected chi connectivity index (χ3v) is 7.80. The SMILES string of the molecule is Cc1cc(C)c(CNC(=O)c2cc(-c3ccc(N4CCN(C)CC4)nc3)cc3c(C(C)C)cn(C)c23)c(=O)[nH]1. The van der Waals surface area contributed by atoms with Crippen molar-refractivity contribution in [1.82, 2.24) is 24.8 Å². The van der Waals surface area contributed by atoms with Gasteiger partial charge in [-0.3, -0.25) is 9.59 Å². The Bertz CT molecular complexity index is 1570. The van der Waals surface area contributed by atoms with Gasteiger partial charge < -0.3 is 24.7 Å². The van der Waals surface area contributed by atoms with Gasteiger partial charge in [-0.2, -0.15) is 0 Å². The molecule has 0 radical (unpaired) electrons. The third-order valence-electron chi connectivity index (χ3n) is 7.80. The van der Waals surface area contributed by atoms with Crippen LogP contribution >= 0.6 is 0 Å². The Morgan fingerprint density at radius 2 is 1.79 bits per heavy atom. The zero-order chi connectivity index (χ0) is 27.8. The van der Waals surface area contributed by atoms with E-state index in [4.69, 9.17) is 4.98 Å². The maximum atomic E-state index is 13.7. The van der Waals surface area contributed by atoms with Crippen molar-refractivity contribution in [3.8, 4) is 11.1 Å². The molecular weight excluding hydrogens is 488 g/mol. The van der Waals surface area contributed by atoms with E-state index in [1.807, 2.05) is 43.8 Å². The van der Waals surface area contributed by atoms with Crippen molar-refractivity contribution in [3.63, 3.8) is 0 Å². The summed E-state index contributed by atoms with van der Waals surface area (Å²) in [6.07, 6.45) is 4.02. The summed E-state index contributed by atoms with van der Waals surface area (Å²) in [6, 6.07) is 10.2. The highest BCUT2D eigenvalue weighted by Gasteiger charge is 2.21. The Morgan fingerprint density at radius 3 is 2.44 bits per heavy atom. The van der Waals surface area contributed by atoms with Crippen LogP contribution in [-0.4, -0.2) is 58.6 Å². The number of nitrogens with one attached hydrogen (secondary N) is 2. The second-order valence-corrected chi connectivity index (χ2v) is 11.1. The molecule has 3 aromatic heterocycles. The molecule has 1 aliphatic heterocycles. The van der Waals surface area contributed by atoms with Gasteiger partial charge in [-0.05, 0) is 73.8 Å². The van der Waals surface area contributed by atoms with E-state index in [2.05, 4.69) is 65.4 Å². The number of piperazine rings is 1. The van der Waals surface area contributed by atoms with E-state index < -0.39 is 0 Å². The zero-order valence-electron chi connectivity index (χ0n) is 23.8. The number of H-pyrrole nitrogens is 1. The standard InChI is InChI=1S/C31H38N6O2/c1-19(2)27-18-36(6)29-24(27)14-23(22-7-8-28(32-16-22)37-11-9-35(5)10-12-37)15-25(29)30(38)33-17-26-20(3)13-21(4)34-31(26)39/h7-8,13-16,18-19H,9-12,17H2,1-6H3,(H,33,38)(H,34,39). The van der Waals surface area contributed by atoms with Gasteiger partial charge in [0.15, 0.2) is 0 Å². The summed E-state index contributed by atoms with van der Waals surface area (Å²) in [5.74, 6) is 1.07. The Morgan fingerprint density at radius 1 is 1.05 bits per heavy atom. The first kappa shape index (κ1) is 26.7. The topological polar surface area (TPSA) is 86.3 Å². The van der Waals surface area contributed by atoms with Crippen LogP contribution in [0.5, 0.6) is 0 Å². The lowest BCUT2D eigenvalue weighted by Gasteiger charge is -2.33. The van der Waals surface area contributed by atoms with Crippen LogP contribution in [0.4, 0.5) is 5.82 Å². The van der Waals surface area contributed by atoms with Crippen molar-refractivity contribution in [2.24, 2.45) is 7.05 Å². The van der Waals surface area contributed by atoms with Crippen molar-refractivity contribution < 1.29 is 4.79 Å². The summed E-state index contributed by atoms with van der Waals surface area (Å²) in [5.41, 5.74) is 6.64. The van der Waals surface area contributed by atoms with Gasteiger partial charge in [0.25, 0.3) is 11.5 Å². The number of amides is 1. The van der Waals surface area contributed by atoms with Gasteiger partial charge in [-0.1, -0.05) is 13.8 Å². The molecule has 0 aliphatic carbocycles. The smallest absolute Gasteiger partial charge is 0.253 e. The van der Waals surface area contributed by atoms with Gasteiger partial charge in [0, 0.05) is 74.4 Å². The van der Waals surface area contributed by atoms with Crippen LogP contribution in [0.25, 0.3) is 22.0 Å². The minimum Gasteiger partial charge on any atom is -0.354 e. The molecule has 8 nitrogen and oxygen atoms in total. The Balaban J connectivity index is 1.51. The molecule has 1 amide bonds. The molecule has 0 bridgehead atoms. The molecule has 0 atom stereocenters. The van der Waals surface area contributed by atoms with Crippen molar-refractivity contribution >= 4 is 22.6 Å². The number of hydrogen-bond donors (Lipinski definition) is 2. The average molecular weight is 527 g/mol. The van der Waals surface area contributed by atoms with E-state index in [9.17, 15) is 9.59 Å². The quantitative estimate of drug-likeness (QED) is 0.390. The highest BCUT2D eigenvalue weighted by atomic mass is 16.1. The predicted molar refractivity (Wildman–Crippen MR) is 158 cm³/mol. The molecule has 5 rings (SSSR count). The van der Waals surface area contributed by atoms with Crippen LogP contribution in [-0.2, 0) is 13.6 Å². The summed E-state index contributed by atoms with van der Waals surface area (Å²) < 4.78 is 2.03. The van der Waals surface area contributed by atoms with E-state index in [0.717, 1.165) is 65.3 Å². The number of benzene rings is 1. The van der Waals surface area contributed by atoms with Gasteiger partial charge >= 0.3 is 0 Å². The van der Waals surface area contributed by atoms with E-state index >= 15 is 0 Å². The number of carbonyl (C=O) groups is 1. The van der Waals surface area contributed by atoms with Crippen molar-refractivity contribution in [2.45, 2.75) is 40.2 Å². The van der Waals surface area contributed by atoms with Crippen LogP contribution < -0.4 is 15.8 Å². The average Bonchev–Trinajstić information content (AvgIpc) is 3.24. The summed E-state index contributed by atoms with van der Waals surface area (Å²) >= 11 is 0. The van der Waals surface area contributed by atoms with Gasteiger partial charge in [-0.25, -0.2) is 4.98 Å². The fourth-order valence-corrected chi connectivity index (χ4v) is 5.52. The number of likely N-dealkylation sites (N-methyl/N-ethyl adjacent to an activating group) is 1. The van der Waals surface area contributed by atoms with Gasteiger partial charge in [0.05, 0.1) is 11.1 Å². The number of fused-ring (bicyclic) bond motifs is 1. The van der Waals surface area contributed by atoms with Crippen molar-refractivity contribution in [1.29, 1.82) is 0 Å². The van der Waals surface area contributed by atoms with E-state index in [-0.39, 0.29) is 18.0 Å². The van der Waals surface area contributed by atoms with E-state index in [0.29, 0.717) is 17.0 Å². The van der Waals surface area contributed by atoms with Crippen LogP contribution in [0, 0.1) is 13.8 Å². The fraction of sp³-hybridized carbons (Fsp3) is 0.387. The molecule has 0 spiro atoms. The number of rotatable bonds is 6. The second kappa shape index (κ2) is 10.7. The fourth-order valence-electron chi connectivity index (χ4n) is 5.52. The minimum atomic E-state index is -0.209. The Labute approximate surface area is 229 Å². The zero-order valence-corrected chi connectivity index (χ0v) is 23.8.